The molecule has 0 aliphatic carbocycles. The van der Waals surface area contributed by atoms with Gasteiger partial charge in [0.2, 0.25) is 0 Å². The number of benzene rings is 5. The first-order chi connectivity index (χ1) is 21.8. The van der Waals surface area contributed by atoms with Crippen LogP contribution in [0.4, 0.5) is 0 Å². The van der Waals surface area contributed by atoms with E-state index >= 15 is 0 Å². The molecule has 45 heavy (non-hydrogen) atoms. The van der Waals surface area contributed by atoms with Crippen LogP contribution in [0.1, 0.15) is 51.3 Å². The molecule has 0 heterocycles. The molecule has 0 unspecified atom stereocenters. The Labute approximate surface area is 271 Å². The third-order valence-electron chi connectivity index (χ3n) is 8.61. The average Bonchev–Trinajstić information content (AvgIpc) is 3.07. The van der Waals surface area contributed by atoms with E-state index in [4.69, 9.17) is 9.16 Å². The Morgan fingerprint density at radius 3 is 1.31 bits per heavy atom. The summed E-state index contributed by atoms with van der Waals surface area (Å²) in [6.07, 6.45) is 2.32. The highest BCUT2D eigenvalue weighted by molar-refractivity contribution is 6.99. The molecule has 0 N–H and O–H groups in total. The maximum atomic E-state index is 7.24. The molecule has 5 aromatic carbocycles. The summed E-state index contributed by atoms with van der Waals surface area (Å²) in [6, 6.07) is 53.4. The second-order valence-electron chi connectivity index (χ2n) is 13.0. The predicted molar refractivity (Wildman–Crippen MR) is 192 cm³/mol. The summed E-state index contributed by atoms with van der Waals surface area (Å²) in [4.78, 5) is 0. The van der Waals surface area contributed by atoms with Gasteiger partial charge < -0.3 is 9.16 Å². The molecule has 0 aromatic heterocycles. The van der Waals surface area contributed by atoms with Gasteiger partial charge in [0.1, 0.15) is 5.60 Å². The van der Waals surface area contributed by atoms with Crippen LogP contribution in [0.15, 0.2) is 163 Å². The van der Waals surface area contributed by atoms with Gasteiger partial charge >= 0.3 is 0 Å². The molecule has 0 bridgehead atoms. The second-order valence-corrected chi connectivity index (χ2v) is 17.3. The molecule has 0 saturated heterocycles. The topological polar surface area (TPSA) is 18.5 Å². The first-order valence-electron chi connectivity index (χ1n) is 16.0. The summed E-state index contributed by atoms with van der Waals surface area (Å²) in [5, 5.41) is 2.55. The summed E-state index contributed by atoms with van der Waals surface area (Å²) in [6.45, 7) is 12.5. The molecule has 1 atom stereocenters. The van der Waals surface area contributed by atoms with Gasteiger partial charge in [-0.3, -0.25) is 0 Å². The van der Waals surface area contributed by atoms with E-state index in [2.05, 4.69) is 192 Å². The molecule has 5 aromatic rings. The highest BCUT2D eigenvalue weighted by atomic mass is 28.4. The van der Waals surface area contributed by atoms with Crippen LogP contribution in [0, 0.1) is 5.92 Å². The molecule has 0 saturated carbocycles. The fourth-order valence-electron chi connectivity index (χ4n) is 6.59. The predicted octanol–water partition coefficient (Wildman–Crippen LogP) is 9.15. The smallest absolute Gasteiger partial charge is 0.261 e. The summed E-state index contributed by atoms with van der Waals surface area (Å²) < 4.78 is 14.3. The van der Waals surface area contributed by atoms with Crippen LogP contribution >= 0.6 is 0 Å². The van der Waals surface area contributed by atoms with Crippen molar-refractivity contribution in [2.24, 2.45) is 5.92 Å². The van der Waals surface area contributed by atoms with Gasteiger partial charge in [-0.05, 0) is 44.9 Å². The Kier molecular flexibility index (Phi) is 10.3. The van der Waals surface area contributed by atoms with Crippen LogP contribution in [0.25, 0.3) is 0 Å². The lowest BCUT2D eigenvalue weighted by molar-refractivity contribution is 0.0276. The van der Waals surface area contributed by atoms with Gasteiger partial charge in [-0.1, -0.05) is 191 Å². The van der Waals surface area contributed by atoms with Crippen LogP contribution in [-0.4, -0.2) is 21.5 Å². The van der Waals surface area contributed by atoms with E-state index in [0.717, 1.165) is 16.7 Å². The average molecular weight is 611 g/mol. The maximum absolute atomic E-state index is 7.24. The van der Waals surface area contributed by atoms with Crippen molar-refractivity contribution in [3.63, 3.8) is 0 Å². The minimum absolute atomic E-state index is 0.0576. The van der Waals surface area contributed by atoms with Gasteiger partial charge in [0.15, 0.2) is 0 Å². The summed E-state index contributed by atoms with van der Waals surface area (Å²) in [5.74, 6) is 0.204. The Hall–Kier alpha value is -4.02. The fraction of sp³-hybridized carbons (Fsp3) is 0.238. The fourth-order valence-corrected chi connectivity index (χ4v) is 11.3. The van der Waals surface area contributed by atoms with Gasteiger partial charge in [0.05, 0.1) is 6.61 Å². The molecule has 0 spiro atoms. The Bertz CT molecular complexity index is 1490. The van der Waals surface area contributed by atoms with Gasteiger partial charge in [-0.25, -0.2) is 0 Å². The van der Waals surface area contributed by atoms with E-state index in [0.29, 0.717) is 13.2 Å². The van der Waals surface area contributed by atoms with Crippen LogP contribution in [0.5, 0.6) is 0 Å². The Balaban J connectivity index is 1.44. The zero-order valence-electron chi connectivity index (χ0n) is 27.3. The lowest BCUT2D eigenvalue weighted by atomic mass is 9.80. The van der Waals surface area contributed by atoms with Crippen LogP contribution in [-0.2, 0) is 14.8 Å². The lowest BCUT2D eigenvalue weighted by Gasteiger charge is -2.43. The standard InChI is InChI=1S/C42H46O2Si/c1-34(31-35(2)33-44-45(41(3,4)5,39-27-17-9-18-28-39)40-29-19-10-20-30-40)32-43-42(36-21-11-6-12-22-36,37-23-13-7-14-24-37)38-25-15-8-16-26-38/h6-31,35H,32-33H2,1-5H3/b34-31-/t35-/m1/s1. The van der Waals surface area contributed by atoms with Crippen molar-refractivity contribution in [1.29, 1.82) is 0 Å². The van der Waals surface area contributed by atoms with Crippen molar-refractivity contribution in [2.45, 2.75) is 45.3 Å². The highest BCUT2D eigenvalue weighted by Gasteiger charge is 2.50. The van der Waals surface area contributed by atoms with E-state index in [1.165, 1.54) is 15.9 Å². The molecule has 2 nitrogen and oxygen atoms in total. The third kappa shape index (κ3) is 6.97. The van der Waals surface area contributed by atoms with E-state index < -0.39 is 13.9 Å². The summed E-state index contributed by atoms with van der Waals surface area (Å²) >= 11 is 0. The summed E-state index contributed by atoms with van der Waals surface area (Å²) in [5.41, 5.74) is 3.77. The minimum atomic E-state index is -2.60. The molecule has 0 aliphatic heterocycles. The SMILES string of the molecule is C/C(=C/[C@@H](C)CO[Si](c1ccccc1)(c1ccccc1)C(C)(C)C)COC(c1ccccc1)(c1ccccc1)c1ccccc1. The normalized spacial score (nSPS) is 13.4. The van der Waals surface area contributed by atoms with Crippen molar-refractivity contribution >= 4 is 18.7 Å². The van der Waals surface area contributed by atoms with Gasteiger partial charge in [-0.15, -0.1) is 0 Å². The van der Waals surface area contributed by atoms with Crippen molar-refractivity contribution in [3.8, 4) is 0 Å². The van der Waals surface area contributed by atoms with E-state index in [-0.39, 0.29) is 11.0 Å². The van der Waals surface area contributed by atoms with Crippen LogP contribution < -0.4 is 10.4 Å². The van der Waals surface area contributed by atoms with Crippen molar-refractivity contribution in [2.75, 3.05) is 13.2 Å². The highest BCUT2D eigenvalue weighted by Crippen LogP contribution is 2.41. The zero-order valence-corrected chi connectivity index (χ0v) is 28.3. The molecule has 230 valence electrons. The molecule has 0 fully saturated rings. The zero-order chi connectivity index (χ0) is 31.8. The first-order valence-corrected chi connectivity index (χ1v) is 17.9. The van der Waals surface area contributed by atoms with Gasteiger partial charge in [0.25, 0.3) is 8.32 Å². The molecule has 0 aliphatic rings. The maximum Gasteiger partial charge on any atom is 0.261 e. The number of hydrogen-bond donors (Lipinski definition) is 0. The second kappa shape index (κ2) is 14.4. The van der Waals surface area contributed by atoms with E-state index in [1.54, 1.807) is 0 Å². The number of ether oxygens (including phenoxy) is 1. The quantitative estimate of drug-likeness (QED) is 0.0797. The largest absolute Gasteiger partial charge is 0.407 e. The number of hydrogen-bond acceptors (Lipinski definition) is 2. The van der Waals surface area contributed by atoms with Crippen molar-refractivity contribution in [1.82, 2.24) is 0 Å². The summed E-state index contributed by atoms with van der Waals surface area (Å²) in [7, 11) is -2.60. The van der Waals surface area contributed by atoms with Crippen molar-refractivity contribution < 1.29 is 9.16 Å². The first kappa shape index (κ1) is 32.4. The lowest BCUT2D eigenvalue weighted by Crippen LogP contribution is -2.66. The molecule has 0 amide bonds. The van der Waals surface area contributed by atoms with Crippen LogP contribution in [0.3, 0.4) is 0 Å². The molecular weight excluding hydrogens is 565 g/mol. The monoisotopic (exact) mass is 610 g/mol. The minimum Gasteiger partial charge on any atom is -0.407 e. The van der Waals surface area contributed by atoms with Crippen LogP contribution in [0.2, 0.25) is 5.04 Å². The van der Waals surface area contributed by atoms with Gasteiger partial charge in [-0.2, -0.15) is 0 Å². The molecule has 3 heteroatoms. The third-order valence-corrected chi connectivity index (χ3v) is 13.6. The van der Waals surface area contributed by atoms with E-state index in [9.17, 15) is 0 Å². The van der Waals surface area contributed by atoms with Crippen molar-refractivity contribution in [3.05, 3.63) is 180 Å². The Morgan fingerprint density at radius 2 is 0.956 bits per heavy atom. The van der Waals surface area contributed by atoms with Gasteiger partial charge in [0, 0.05) is 6.61 Å². The Morgan fingerprint density at radius 1 is 0.600 bits per heavy atom. The van der Waals surface area contributed by atoms with E-state index in [1.807, 2.05) is 0 Å². The molecular formula is C42H46O2Si. The molecule has 5 rings (SSSR count). The molecule has 0 radical (unpaired) electrons. The number of rotatable bonds is 12.